The third kappa shape index (κ3) is 4.32. The van der Waals surface area contributed by atoms with Crippen LogP contribution in [0.1, 0.15) is 89.8 Å². The first kappa shape index (κ1) is 19.2. The standard InChI is InChI=1S/C18H30O3S/c1-11(2)15-9-16(12(3)4)18(17(10-15)13(5)6)22(19,20)21-14(7)8/h9-14H,1-8H3. The zero-order valence-corrected chi connectivity index (χ0v) is 15.9. The quantitative estimate of drug-likeness (QED) is 0.677. The Kier molecular flexibility index (Phi) is 6.22. The second-order valence-corrected chi connectivity index (χ2v) is 8.60. The molecule has 0 saturated heterocycles. The van der Waals surface area contributed by atoms with Gasteiger partial charge in [0.2, 0.25) is 0 Å². The van der Waals surface area contributed by atoms with Crippen LogP contribution in [0.25, 0.3) is 0 Å². The van der Waals surface area contributed by atoms with Crippen molar-refractivity contribution in [1.29, 1.82) is 0 Å². The lowest BCUT2D eigenvalue weighted by molar-refractivity contribution is 0.248. The third-order valence-electron chi connectivity index (χ3n) is 3.65. The largest absolute Gasteiger partial charge is 0.297 e. The van der Waals surface area contributed by atoms with E-state index in [9.17, 15) is 8.42 Å². The van der Waals surface area contributed by atoms with Gasteiger partial charge in [-0.05, 0) is 48.3 Å². The maximum absolute atomic E-state index is 12.8. The molecule has 0 aromatic heterocycles. The van der Waals surface area contributed by atoms with E-state index >= 15 is 0 Å². The molecule has 0 unspecified atom stereocenters. The fraction of sp³-hybridized carbons (Fsp3) is 0.667. The number of hydrogen-bond acceptors (Lipinski definition) is 3. The Bertz CT molecular complexity index is 582. The predicted molar refractivity (Wildman–Crippen MR) is 92.1 cm³/mol. The second kappa shape index (κ2) is 7.14. The van der Waals surface area contributed by atoms with Gasteiger partial charge >= 0.3 is 0 Å². The van der Waals surface area contributed by atoms with Crippen LogP contribution in [0.15, 0.2) is 17.0 Å². The first-order valence-corrected chi connectivity index (χ1v) is 9.49. The van der Waals surface area contributed by atoms with Crippen LogP contribution in [0.2, 0.25) is 0 Å². The van der Waals surface area contributed by atoms with Crippen LogP contribution in [-0.4, -0.2) is 14.5 Å². The molecule has 1 aromatic rings. The molecule has 0 aliphatic heterocycles. The highest BCUT2D eigenvalue weighted by Crippen LogP contribution is 2.36. The van der Waals surface area contributed by atoms with Crippen LogP contribution in [0.5, 0.6) is 0 Å². The zero-order chi connectivity index (χ0) is 17.2. The molecule has 0 fully saturated rings. The van der Waals surface area contributed by atoms with Crippen LogP contribution in [0.4, 0.5) is 0 Å². The maximum atomic E-state index is 12.8. The lowest BCUT2D eigenvalue weighted by atomic mass is 9.89. The van der Waals surface area contributed by atoms with Gasteiger partial charge in [-0.25, -0.2) is 0 Å². The van der Waals surface area contributed by atoms with Crippen molar-refractivity contribution >= 4 is 10.1 Å². The van der Waals surface area contributed by atoms with Gasteiger partial charge in [0.1, 0.15) is 4.90 Å². The van der Waals surface area contributed by atoms with E-state index in [1.54, 1.807) is 13.8 Å². The van der Waals surface area contributed by atoms with E-state index in [2.05, 4.69) is 13.8 Å². The van der Waals surface area contributed by atoms with Gasteiger partial charge in [-0.2, -0.15) is 8.42 Å². The summed E-state index contributed by atoms with van der Waals surface area (Å²) in [6, 6.07) is 4.05. The molecular weight excluding hydrogens is 296 g/mol. The average Bonchev–Trinajstić information content (AvgIpc) is 2.35. The minimum Gasteiger partial charge on any atom is -0.264 e. The summed E-state index contributed by atoms with van der Waals surface area (Å²) in [4.78, 5) is 0.371. The van der Waals surface area contributed by atoms with E-state index in [4.69, 9.17) is 4.18 Å². The zero-order valence-electron chi connectivity index (χ0n) is 15.1. The van der Waals surface area contributed by atoms with E-state index in [0.29, 0.717) is 10.8 Å². The predicted octanol–water partition coefficient (Wildman–Crippen LogP) is 5.17. The molecule has 126 valence electrons. The summed E-state index contributed by atoms with van der Waals surface area (Å²) in [5, 5.41) is 0. The van der Waals surface area contributed by atoms with Crippen molar-refractivity contribution in [2.24, 2.45) is 0 Å². The highest BCUT2D eigenvalue weighted by molar-refractivity contribution is 7.86. The lowest BCUT2D eigenvalue weighted by Gasteiger charge is -2.23. The van der Waals surface area contributed by atoms with Gasteiger partial charge in [-0.3, -0.25) is 4.18 Å². The van der Waals surface area contributed by atoms with Crippen molar-refractivity contribution in [3.8, 4) is 0 Å². The minimum absolute atomic E-state index is 0.122. The van der Waals surface area contributed by atoms with Crippen LogP contribution < -0.4 is 0 Å². The number of rotatable bonds is 6. The van der Waals surface area contributed by atoms with E-state index in [1.807, 2.05) is 39.8 Å². The van der Waals surface area contributed by atoms with Gasteiger partial charge in [0, 0.05) is 0 Å². The summed E-state index contributed by atoms with van der Waals surface area (Å²) in [5.41, 5.74) is 2.89. The monoisotopic (exact) mass is 326 g/mol. The molecule has 1 rings (SSSR count). The van der Waals surface area contributed by atoms with Crippen LogP contribution >= 0.6 is 0 Å². The SMILES string of the molecule is CC(C)OS(=O)(=O)c1c(C(C)C)cc(C(C)C)cc1C(C)C. The van der Waals surface area contributed by atoms with Gasteiger partial charge in [0.25, 0.3) is 10.1 Å². The molecule has 0 aliphatic carbocycles. The first-order valence-electron chi connectivity index (χ1n) is 8.08. The van der Waals surface area contributed by atoms with Crippen molar-refractivity contribution in [3.63, 3.8) is 0 Å². The molecule has 0 atom stereocenters. The summed E-state index contributed by atoms with van der Waals surface area (Å²) in [6.07, 6.45) is -0.366. The molecule has 3 nitrogen and oxygen atoms in total. The van der Waals surface area contributed by atoms with Crippen molar-refractivity contribution in [2.45, 2.75) is 84.1 Å². The molecule has 1 aromatic carbocycles. The normalized spacial score (nSPS) is 12.9. The fourth-order valence-corrected chi connectivity index (χ4v) is 4.25. The van der Waals surface area contributed by atoms with E-state index in [0.717, 1.165) is 11.1 Å². The molecule has 0 amide bonds. The smallest absolute Gasteiger partial charge is 0.264 e. The van der Waals surface area contributed by atoms with Gasteiger partial charge in [0.15, 0.2) is 0 Å². The van der Waals surface area contributed by atoms with Crippen molar-refractivity contribution in [1.82, 2.24) is 0 Å². The molecule has 0 spiro atoms. The van der Waals surface area contributed by atoms with Crippen LogP contribution in [-0.2, 0) is 14.3 Å². The fourth-order valence-electron chi connectivity index (χ4n) is 2.48. The summed E-state index contributed by atoms with van der Waals surface area (Å²) in [6.45, 7) is 15.8. The average molecular weight is 327 g/mol. The highest BCUT2D eigenvalue weighted by atomic mass is 32.2. The Morgan fingerprint density at radius 1 is 0.773 bits per heavy atom. The Morgan fingerprint density at radius 3 is 1.45 bits per heavy atom. The number of benzene rings is 1. The van der Waals surface area contributed by atoms with E-state index in [-0.39, 0.29) is 17.9 Å². The van der Waals surface area contributed by atoms with Crippen LogP contribution in [0.3, 0.4) is 0 Å². The molecule has 0 N–H and O–H groups in total. The van der Waals surface area contributed by atoms with Gasteiger partial charge in [0.05, 0.1) is 6.10 Å². The molecule has 22 heavy (non-hydrogen) atoms. The third-order valence-corrected chi connectivity index (χ3v) is 5.26. The molecular formula is C18H30O3S. The van der Waals surface area contributed by atoms with Gasteiger partial charge < -0.3 is 0 Å². The lowest BCUT2D eigenvalue weighted by Crippen LogP contribution is -2.18. The Balaban J connectivity index is 3.73. The van der Waals surface area contributed by atoms with Gasteiger partial charge in [-0.15, -0.1) is 0 Å². The van der Waals surface area contributed by atoms with Crippen molar-refractivity contribution < 1.29 is 12.6 Å². The van der Waals surface area contributed by atoms with Crippen molar-refractivity contribution in [3.05, 3.63) is 28.8 Å². The second-order valence-electron chi connectivity index (χ2n) is 7.09. The molecule has 0 bridgehead atoms. The van der Waals surface area contributed by atoms with Crippen LogP contribution in [0, 0.1) is 0 Å². The van der Waals surface area contributed by atoms with Crippen molar-refractivity contribution in [2.75, 3.05) is 0 Å². The minimum atomic E-state index is -3.75. The summed E-state index contributed by atoms with van der Waals surface area (Å²) in [7, 11) is -3.75. The topological polar surface area (TPSA) is 43.4 Å². The molecule has 0 aliphatic rings. The number of hydrogen-bond donors (Lipinski definition) is 0. The van der Waals surface area contributed by atoms with E-state index < -0.39 is 10.1 Å². The van der Waals surface area contributed by atoms with E-state index in [1.165, 1.54) is 5.56 Å². The highest BCUT2D eigenvalue weighted by Gasteiger charge is 2.28. The molecule has 4 heteroatoms. The summed E-state index contributed by atoms with van der Waals surface area (Å²) in [5.74, 6) is 0.603. The molecule has 0 saturated carbocycles. The summed E-state index contributed by atoms with van der Waals surface area (Å²) < 4.78 is 30.8. The Morgan fingerprint density at radius 2 is 1.18 bits per heavy atom. The molecule has 0 radical (unpaired) electrons. The summed E-state index contributed by atoms with van der Waals surface area (Å²) >= 11 is 0. The first-order chi connectivity index (χ1) is 9.97. The van der Waals surface area contributed by atoms with Gasteiger partial charge in [-0.1, -0.05) is 53.7 Å². The Labute approximate surface area is 136 Å². The maximum Gasteiger partial charge on any atom is 0.297 e. The Hall–Kier alpha value is -0.870. The molecule has 0 heterocycles.